The standard InChI is InChI=1S/C15H22N4O3/c1-3-22-15(21)19-8-6-12(7-9-19)18-13-4-5-14(16-10-13)17-11(2)20/h4-5,10,12,18H,3,6-9H2,1-2H3,(H,16,17,20). The summed E-state index contributed by atoms with van der Waals surface area (Å²) in [5.74, 6) is 0.398. The minimum absolute atomic E-state index is 0.139. The van der Waals surface area contributed by atoms with Gasteiger partial charge in [0.05, 0.1) is 18.5 Å². The van der Waals surface area contributed by atoms with Gasteiger partial charge in [-0.25, -0.2) is 9.78 Å². The summed E-state index contributed by atoms with van der Waals surface area (Å²) >= 11 is 0. The van der Waals surface area contributed by atoms with Crippen LogP contribution in [-0.4, -0.2) is 47.6 Å². The zero-order chi connectivity index (χ0) is 15.9. The van der Waals surface area contributed by atoms with Crippen molar-refractivity contribution in [3.8, 4) is 0 Å². The predicted octanol–water partition coefficient (Wildman–Crippen LogP) is 2.07. The first kappa shape index (κ1) is 16.1. The third-order valence-corrected chi connectivity index (χ3v) is 3.46. The minimum Gasteiger partial charge on any atom is -0.450 e. The molecule has 0 aliphatic carbocycles. The number of hydrogen-bond donors (Lipinski definition) is 2. The molecule has 120 valence electrons. The fourth-order valence-electron chi connectivity index (χ4n) is 2.39. The second-order valence-corrected chi connectivity index (χ2v) is 5.22. The molecular weight excluding hydrogens is 284 g/mol. The molecule has 2 amide bonds. The number of pyridine rings is 1. The molecule has 0 spiro atoms. The lowest BCUT2D eigenvalue weighted by Gasteiger charge is -2.32. The molecule has 7 heteroatoms. The Hall–Kier alpha value is -2.31. The Bertz CT molecular complexity index is 510. The third-order valence-electron chi connectivity index (χ3n) is 3.46. The number of aromatic nitrogens is 1. The van der Waals surface area contributed by atoms with E-state index in [0.29, 0.717) is 31.6 Å². The van der Waals surface area contributed by atoms with E-state index >= 15 is 0 Å². The van der Waals surface area contributed by atoms with Crippen molar-refractivity contribution in [1.29, 1.82) is 0 Å². The number of carbonyl (C=O) groups is 2. The van der Waals surface area contributed by atoms with Crippen LogP contribution < -0.4 is 10.6 Å². The van der Waals surface area contributed by atoms with Gasteiger partial charge >= 0.3 is 6.09 Å². The summed E-state index contributed by atoms with van der Waals surface area (Å²) in [6.45, 7) is 5.04. The highest BCUT2D eigenvalue weighted by Gasteiger charge is 2.23. The zero-order valence-electron chi connectivity index (χ0n) is 13.0. The Balaban J connectivity index is 1.80. The highest BCUT2D eigenvalue weighted by Crippen LogP contribution is 2.17. The summed E-state index contributed by atoms with van der Waals surface area (Å²) in [7, 11) is 0. The number of rotatable bonds is 4. The Morgan fingerprint density at radius 3 is 2.64 bits per heavy atom. The van der Waals surface area contributed by atoms with E-state index < -0.39 is 0 Å². The lowest BCUT2D eigenvalue weighted by Crippen LogP contribution is -2.42. The molecule has 7 nitrogen and oxygen atoms in total. The van der Waals surface area contributed by atoms with Crippen molar-refractivity contribution in [3.05, 3.63) is 18.3 Å². The smallest absolute Gasteiger partial charge is 0.409 e. The van der Waals surface area contributed by atoms with Gasteiger partial charge in [-0.1, -0.05) is 0 Å². The fraction of sp³-hybridized carbons (Fsp3) is 0.533. The SMILES string of the molecule is CCOC(=O)N1CCC(Nc2ccc(NC(C)=O)nc2)CC1. The second kappa shape index (κ2) is 7.63. The molecule has 22 heavy (non-hydrogen) atoms. The molecule has 0 radical (unpaired) electrons. The number of carbonyl (C=O) groups excluding carboxylic acids is 2. The van der Waals surface area contributed by atoms with Crippen molar-refractivity contribution in [1.82, 2.24) is 9.88 Å². The quantitative estimate of drug-likeness (QED) is 0.889. The first-order valence-corrected chi connectivity index (χ1v) is 7.50. The maximum absolute atomic E-state index is 11.6. The molecule has 1 saturated heterocycles. The Kier molecular flexibility index (Phi) is 5.57. The molecule has 2 heterocycles. The summed E-state index contributed by atoms with van der Waals surface area (Å²) in [4.78, 5) is 28.5. The number of anilines is 2. The predicted molar refractivity (Wildman–Crippen MR) is 83.8 cm³/mol. The molecule has 0 bridgehead atoms. The molecule has 2 N–H and O–H groups in total. The van der Waals surface area contributed by atoms with Crippen molar-refractivity contribution in [2.75, 3.05) is 30.3 Å². The second-order valence-electron chi connectivity index (χ2n) is 5.22. The summed E-state index contributed by atoms with van der Waals surface area (Å²) < 4.78 is 5.00. The van der Waals surface area contributed by atoms with E-state index in [1.54, 1.807) is 17.2 Å². The molecule has 0 unspecified atom stereocenters. The van der Waals surface area contributed by atoms with E-state index in [4.69, 9.17) is 4.74 Å². The fourth-order valence-corrected chi connectivity index (χ4v) is 2.39. The molecule has 0 aromatic carbocycles. The van der Waals surface area contributed by atoms with Gasteiger partial charge in [0, 0.05) is 26.1 Å². The highest BCUT2D eigenvalue weighted by molar-refractivity contribution is 5.87. The van der Waals surface area contributed by atoms with Gasteiger partial charge in [-0.3, -0.25) is 4.79 Å². The molecule has 1 aromatic rings. The van der Waals surface area contributed by atoms with Gasteiger partial charge in [-0.2, -0.15) is 0 Å². The van der Waals surface area contributed by atoms with Crippen LogP contribution in [0.15, 0.2) is 18.3 Å². The van der Waals surface area contributed by atoms with Crippen molar-refractivity contribution < 1.29 is 14.3 Å². The summed E-state index contributed by atoms with van der Waals surface area (Å²) in [5.41, 5.74) is 0.906. The molecule has 1 aliphatic heterocycles. The monoisotopic (exact) mass is 306 g/mol. The van der Waals surface area contributed by atoms with Crippen LogP contribution in [0, 0.1) is 0 Å². The largest absolute Gasteiger partial charge is 0.450 e. The maximum Gasteiger partial charge on any atom is 0.409 e. The van der Waals surface area contributed by atoms with Crippen molar-refractivity contribution >= 4 is 23.5 Å². The third kappa shape index (κ3) is 4.61. The Labute approximate surface area is 130 Å². The molecule has 1 fully saturated rings. The minimum atomic E-state index is -0.234. The van der Waals surface area contributed by atoms with E-state index in [1.807, 2.05) is 13.0 Å². The van der Waals surface area contributed by atoms with Gasteiger partial charge in [-0.05, 0) is 31.9 Å². The number of piperidine rings is 1. The maximum atomic E-state index is 11.6. The molecule has 2 rings (SSSR count). The van der Waals surface area contributed by atoms with Gasteiger partial charge in [0.15, 0.2) is 0 Å². The number of amides is 2. The lowest BCUT2D eigenvalue weighted by atomic mass is 10.1. The Morgan fingerprint density at radius 2 is 2.09 bits per heavy atom. The number of hydrogen-bond acceptors (Lipinski definition) is 5. The van der Waals surface area contributed by atoms with Gasteiger partial charge < -0.3 is 20.3 Å². The summed E-state index contributed by atoms with van der Waals surface area (Å²) in [6, 6.07) is 3.95. The van der Waals surface area contributed by atoms with Crippen LogP contribution in [0.2, 0.25) is 0 Å². The van der Waals surface area contributed by atoms with E-state index in [9.17, 15) is 9.59 Å². The van der Waals surface area contributed by atoms with Crippen molar-refractivity contribution in [3.63, 3.8) is 0 Å². The van der Waals surface area contributed by atoms with Crippen LogP contribution >= 0.6 is 0 Å². The van der Waals surface area contributed by atoms with Crippen molar-refractivity contribution in [2.45, 2.75) is 32.7 Å². The molecular formula is C15H22N4O3. The van der Waals surface area contributed by atoms with Crippen LogP contribution in [0.5, 0.6) is 0 Å². The first-order chi connectivity index (χ1) is 10.6. The number of nitrogens with one attached hydrogen (secondary N) is 2. The topological polar surface area (TPSA) is 83.6 Å². The molecule has 1 aliphatic rings. The average Bonchev–Trinajstić information content (AvgIpc) is 2.50. The highest BCUT2D eigenvalue weighted by atomic mass is 16.6. The number of nitrogens with zero attached hydrogens (tertiary/aromatic N) is 2. The van der Waals surface area contributed by atoms with Crippen LogP contribution in [0.4, 0.5) is 16.3 Å². The van der Waals surface area contributed by atoms with E-state index in [2.05, 4.69) is 15.6 Å². The van der Waals surface area contributed by atoms with Crippen molar-refractivity contribution in [2.24, 2.45) is 0 Å². The van der Waals surface area contributed by atoms with Gasteiger partial charge in [0.2, 0.25) is 5.91 Å². The normalized spacial score (nSPS) is 15.3. The zero-order valence-corrected chi connectivity index (χ0v) is 13.0. The van der Waals surface area contributed by atoms with Crippen LogP contribution in [0.25, 0.3) is 0 Å². The van der Waals surface area contributed by atoms with Crippen LogP contribution in [0.3, 0.4) is 0 Å². The molecule has 0 atom stereocenters. The first-order valence-electron chi connectivity index (χ1n) is 7.50. The van der Waals surface area contributed by atoms with E-state index in [0.717, 1.165) is 18.5 Å². The average molecular weight is 306 g/mol. The lowest BCUT2D eigenvalue weighted by molar-refractivity contribution is -0.114. The molecule has 1 aromatic heterocycles. The summed E-state index contributed by atoms with van der Waals surface area (Å²) in [5, 5.41) is 6.03. The van der Waals surface area contributed by atoms with Crippen LogP contribution in [0.1, 0.15) is 26.7 Å². The molecule has 0 saturated carbocycles. The number of ether oxygens (including phenoxy) is 1. The van der Waals surface area contributed by atoms with Gasteiger partial charge in [0.1, 0.15) is 5.82 Å². The van der Waals surface area contributed by atoms with E-state index in [1.165, 1.54) is 6.92 Å². The number of likely N-dealkylation sites (tertiary alicyclic amines) is 1. The van der Waals surface area contributed by atoms with Gasteiger partial charge in [0.25, 0.3) is 0 Å². The summed E-state index contributed by atoms with van der Waals surface area (Å²) in [6.07, 6.45) is 3.20. The van der Waals surface area contributed by atoms with E-state index in [-0.39, 0.29) is 12.0 Å². The van der Waals surface area contributed by atoms with Crippen LogP contribution in [-0.2, 0) is 9.53 Å². The van der Waals surface area contributed by atoms with Gasteiger partial charge in [-0.15, -0.1) is 0 Å². The Morgan fingerprint density at radius 1 is 1.36 bits per heavy atom.